The molecule has 1 heterocycles. The van der Waals surface area contributed by atoms with Crippen LogP contribution in [0.2, 0.25) is 0 Å². The number of carbonyl (C=O) groups is 3. The van der Waals surface area contributed by atoms with Gasteiger partial charge in [0.15, 0.2) is 0 Å². The van der Waals surface area contributed by atoms with Gasteiger partial charge in [-0.15, -0.1) is 12.3 Å². The molecule has 1 saturated carbocycles. The standard InChI is InChI=1S/C38H60N4O5/c1-5-6-19-32(38(47)40-33(26-30-17-11-8-12-18-30)36(45)34(43)24-28(2)3)39-37(46)31(25-29-15-9-7-10-16-29)27-35(44)41(4)22-23-42-20-13-14-21-42/h1,7,9-10,15-16,28,30-34,36,43,45H,6,8,11-14,17-27H2,2-4H3,(H,39,46)(H,40,47)/t31?,32-,33-,34-,36?/m0/s1. The molecule has 9 nitrogen and oxygen atoms in total. The Morgan fingerprint density at radius 3 is 2.32 bits per heavy atom. The van der Waals surface area contributed by atoms with E-state index in [0.29, 0.717) is 31.7 Å². The van der Waals surface area contributed by atoms with Crippen LogP contribution in [0.3, 0.4) is 0 Å². The minimum Gasteiger partial charge on any atom is -0.390 e. The fourth-order valence-electron chi connectivity index (χ4n) is 6.97. The molecule has 1 aromatic rings. The summed E-state index contributed by atoms with van der Waals surface area (Å²) in [6, 6.07) is 7.99. The van der Waals surface area contributed by atoms with E-state index < -0.39 is 36.1 Å². The molecule has 2 unspecified atom stereocenters. The number of nitrogens with one attached hydrogen (secondary N) is 2. The Labute approximate surface area is 283 Å². The average Bonchev–Trinajstić information content (AvgIpc) is 3.59. The quantitative estimate of drug-likeness (QED) is 0.168. The minimum atomic E-state index is -1.13. The second kappa shape index (κ2) is 20.4. The number of hydrogen-bond acceptors (Lipinski definition) is 6. The van der Waals surface area contributed by atoms with Crippen molar-refractivity contribution in [3.63, 3.8) is 0 Å². The van der Waals surface area contributed by atoms with Crippen LogP contribution in [0.1, 0.15) is 96.5 Å². The number of benzene rings is 1. The first-order valence-electron chi connectivity index (χ1n) is 18.0. The van der Waals surface area contributed by atoms with Gasteiger partial charge in [0.1, 0.15) is 12.1 Å². The highest BCUT2D eigenvalue weighted by Gasteiger charge is 2.34. The Kier molecular flexibility index (Phi) is 16.8. The summed E-state index contributed by atoms with van der Waals surface area (Å²) in [6.45, 7) is 7.48. The van der Waals surface area contributed by atoms with E-state index in [1.807, 2.05) is 44.2 Å². The summed E-state index contributed by atoms with van der Waals surface area (Å²) in [4.78, 5) is 45.2. The molecule has 0 aromatic heterocycles. The SMILES string of the molecule is C#CCC[C@H](NC(=O)C(CC(=O)N(C)CCN1CCCC1)Cc1ccccc1)C(=O)N[C@@H](CC1CCCCC1)C(O)[C@@H](O)CC(C)C. The molecule has 2 fully saturated rings. The molecule has 47 heavy (non-hydrogen) atoms. The van der Waals surface area contributed by atoms with E-state index in [4.69, 9.17) is 6.42 Å². The molecule has 1 saturated heterocycles. The Hall–Kier alpha value is -2.93. The summed E-state index contributed by atoms with van der Waals surface area (Å²) in [7, 11) is 1.78. The third-order valence-corrected chi connectivity index (χ3v) is 9.86. The monoisotopic (exact) mass is 652 g/mol. The molecule has 3 rings (SSSR count). The van der Waals surface area contributed by atoms with E-state index >= 15 is 0 Å². The summed E-state index contributed by atoms with van der Waals surface area (Å²) in [6.07, 6.45) is 13.1. The molecule has 0 radical (unpaired) electrons. The van der Waals surface area contributed by atoms with E-state index in [2.05, 4.69) is 21.5 Å². The van der Waals surface area contributed by atoms with Gasteiger partial charge in [-0.3, -0.25) is 14.4 Å². The van der Waals surface area contributed by atoms with Gasteiger partial charge in [0.05, 0.1) is 18.1 Å². The summed E-state index contributed by atoms with van der Waals surface area (Å²) in [5, 5.41) is 28.0. The van der Waals surface area contributed by atoms with Gasteiger partial charge in [0, 0.05) is 33.0 Å². The zero-order valence-electron chi connectivity index (χ0n) is 29.0. The molecule has 2 aliphatic rings. The number of aliphatic hydroxyl groups excluding tert-OH is 2. The van der Waals surface area contributed by atoms with Gasteiger partial charge in [-0.1, -0.05) is 76.3 Å². The van der Waals surface area contributed by atoms with Gasteiger partial charge in [-0.25, -0.2) is 0 Å². The number of likely N-dealkylation sites (tertiary alicyclic amines) is 1. The van der Waals surface area contributed by atoms with Gasteiger partial charge in [0.25, 0.3) is 0 Å². The van der Waals surface area contributed by atoms with Crippen molar-refractivity contribution in [1.29, 1.82) is 0 Å². The van der Waals surface area contributed by atoms with Crippen molar-refractivity contribution in [2.75, 3.05) is 33.2 Å². The fraction of sp³-hybridized carbons (Fsp3) is 0.711. The minimum absolute atomic E-state index is 0.0190. The lowest BCUT2D eigenvalue weighted by Gasteiger charge is -2.34. The van der Waals surface area contributed by atoms with Gasteiger partial charge in [0.2, 0.25) is 17.7 Å². The second-order valence-corrected chi connectivity index (χ2v) is 14.3. The first-order valence-corrected chi connectivity index (χ1v) is 18.0. The highest BCUT2D eigenvalue weighted by Crippen LogP contribution is 2.29. The molecule has 1 aromatic carbocycles. The van der Waals surface area contributed by atoms with E-state index in [1.165, 1.54) is 19.3 Å². The van der Waals surface area contributed by atoms with Crippen molar-refractivity contribution in [3.8, 4) is 12.3 Å². The zero-order chi connectivity index (χ0) is 34.2. The number of rotatable bonds is 19. The molecular formula is C38H60N4O5. The molecule has 1 aliphatic heterocycles. The smallest absolute Gasteiger partial charge is 0.242 e. The number of hydrogen-bond donors (Lipinski definition) is 4. The highest BCUT2D eigenvalue weighted by atomic mass is 16.3. The third-order valence-electron chi connectivity index (χ3n) is 9.86. The first-order chi connectivity index (χ1) is 22.6. The normalized spacial score (nSPS) is 18.9. The Balaban J connectivity index is 1.74. The van der Waals surface area contributed by atoms with Gasteiger partial charge >= 0.3 is 0 Å². The number of terminal acetylenes is 1. The molecule has 0 spiro atoms. The van der Waals surface area contributed by atoms with E-state index in [1.54, 1.807) is 11.9 Å². The lowest BCUT2D eigenvalue weighted by Crippen LogP contribution is -2.56. The zero-order valence-corrected chi connectivity index (χ0v) is 29.0. The maximum atomic E-state index is 13.9. The molecule has 262 valence electrons. The van der Waals surface area contributed by atoms with Crippen LogP contribution >= 0.6 is 0 Å². The van der Waals surface area contributed by atoms with Crippen molar-refractivity contribution in [2.24, 2.45) is 17.8 Å². The second-order valence-electron chi connectivity index (χ2n) is 14.3. The van der Waals surface area contributed by atoms with Crippen molar-refractivity contribution in [2.45, 2.75) is 122 Å². The average molecular weight is 653 g/mol. The van der Waals surface area contributed by atoms with Crippen molar-refractivity contribution in [1.82, 2.24) is 20.4 Å². The number of likely N-dealkylation sites (N-methyl/N-ethyl adjacent to an activating group) is 1. The number of amides is 3. The van der Waals surface area contributed by atoms with Gasteiger partial charge < -0.3 is 30.6 Å². The van der Waals surface area contributed by atoms with Crippen molar-refractivity contribution in [3.05, 3.63) is 35.9 Å². The summed E-state index contributed by atoms with van der Waals surface area (Å²) >= 11 is 0. The van der Waals surface area contributed by atoms with Crippen LogP contribution in [-0.2, 0) is 20.8 Å². The molecule has 4 N–H and O–H groups in total. The van der Waals surface area contributed by atoms with Gasteiger partial charge in [-0.05, 0) is 69.0 Å². The Morgan fingerprint density at radius 2 is 1.68 bits per heavy atom. The van der Waals surface area contributed by atoms with E-state index in [9.17, 15) is 24.6 Å². The maximum absolute atomic E-state index is 13.9. The Morgan fingerprint density at radius 1 is 1.00 bits per heavy atom. The van der Waals surface area contributed by atoms with Crippen LogP contribution in [0.25, 0.3) is 0 Å². The molecule has 5 atom stereocenters. The van der Waals surface area contributed by atoms with Crippen molar-refractivity contribution < 1.29 is 24.6 Å². The van der Waals surface area contributed by atoms with Gasteiger partial charge in [-0.2, -0.15) is 0 Å². The van der Waals surface area contributed by atoms with Crippen LogP contribution in [0.5, 0.6) is 0 Å². The Bertz CT molecular complexity index is 1130. The number of aliphatic hydroxyl groups is 2. The van der Waals surface area contributed by atoms with Crippen LogP contribution < -0.4 is 10.6 Å². The largest absolute Gasteiger partial charge is 0.390 e. The first kappa shape index (κ1) is 38.5. The molecule has 1 aliphatic carbocycles. The predicted octanol–water partition coefficient (Wildman–Crippen LogP) is 3.91. The molecule has 9 heteroatoms. The summed E-state index contributed by atoms with van der Waals surface area (Å²) in [5.41, 5.74) is 0.930. The van der Waals surface area contributed by atoms with E-state index in [0.717, 1.165) is 50.9 Å². The predicted molar refractivity (Wildman–Crippen MR) is 186 cm³/mol. The number of carbonyl (C=O) groups excluding carboxylic acids is 3. The summed E-state index contributed by atoms with van der Waals surface area (Å²) < 4.78 is 0. The third kappa shape index (κ3) is 13.6. The van der Waals surface area contributed by atoms with Crippen LogP contribution in [-0.4, -0.2) is 95.3 Å². The van der Waals surface area contributed by atoms with Crippen LogP contribution in [0.4, 0.5) is 0 Å². The van der Waals surface area contributed by atoms with Crippen LogP contribution in [0.15, 0.2) is 30.3 Å². The lowest BCUT2D eigenvalue weighted by molar-refractivity contribution is -0.137. The van der Waals surface area contributed by atoms with Crippen molar-refractivity contribution >= 4 is 17.7 Å². The molecule has 0 bridgehead atoms. The molecular weight excluding hydrogens is 592 g/mol. The lowest BCUT2D eigenvalue weighted by atomic mass is 9.82. The number of nitrogens with zero attached hydrogens (tertiary/aromatic N) is 2. The fourth-order valence-corrected chi connectivity index (χ4v) is 6.97. The summed E-state index contributed by atoms with van der Waals surface area (Å²) in [5.74, 6) is 1.49. The maximum Gasteiger partial charge on any atom is 0.242 e. The van der Waals surface area contributed by atoms with E-state index in [-0.39, 0.29) is 37.0 Å². The topological polar surface area (TPSA) is 122 Å². The highest BCUT2D eigenvalue weighted by molar-refractivity contribution is 5.91. The molecule has 3 amide bonds. The van der Waals surface area contributed by atoms with Crippen LogP contribution in [0, 0.1) is 30.1 Å².